The van der Waals surface area contributed by atoms with Crippen LogP contribution in [0.4, 0.5) is 10.2 Å². The summed E-state index contributed by atoms with van der Waals surface area (Å²) in [6, 6.07) is 3.01. The lowest BCUT2D eigenvalue weighted by Crippen LogP contribution is -2.48. The number of carbonyl (C=O) groups is 2. The highest BCUT2D eigenvalue weighted by Gasteiger charge is 2.32. The third kappa shape index (κ3) is 6.78. The number of aromatic nitrogens is 2. The van der Waals surface area contributed by atoms with E-state index in [1.54, 1.807) is 18.6 Å². The summed E-state index contributed by atoms with van der Waals surface area (Å²) in [5.41, 5.74) is 2.83. The minimum atomic E-state index is -0.395. The maximum Gasteiger partial charge on any atom is 0.245 e. The van der Waals surface area contributed by atoms with Crippen LogP contribution < -0.4 is 10.6 Å². The zero-order valence-electron chi connectivity index (χ0n) is 22.9. The molecule has 37 heavy (non-hydrogen) atoms. The molecule has 2 heterocycles. The number of nitrogens with one attached hydrogen (secondary N) is 2. The smallest absolute Gasteiger partial charge is 0.245 e. The van der Waals surface area contributed by atoms with E-state index in [0.29, 0.717) is 18.7 Å². The summed E-state index contributed by atoms with van der Waals surface area (Å²) >= 11 is 0. The number of carbonyl (C=O) groups excluding carboxylic acids is 2. The van der Waals surface area contributed by atoms with Crippen LogP contribution in [-0.2, 0) is 22.4 Å². The Morgan fingerprint density at radius 2 is 2.05 bits per heavy atom. The van der Waals surface area contributed by atoms with Gasteiger partial charge in [0.25, 0.3) is 0 Å². The second kappa shape index (κ2) is 11.3. The molecule has 1 aliphatic carbocycles. The van der Waals surface area contributed by atoms with Crippen LogP contribution in [0.1, 0.15) is 82.5 Å². The fourth-order valence-electron chi connectivity index (χ4n) is 5.69. The van der Waals surface area contributed by atoms with E-state index in [-0.39, 0.29) is 35.1 Å². The maximum absolute atomic E-state index is 14.6. The number of nitrogens with zero attached hydrogens (tertiary/aromatic N) is 3. The van der Waals surface area contributed by atoms with Crippen molar-refractivity contribution >= 4 is 17.6 Å². The van der Waals surface area contributed by atoms with Gasteiger partial charge in [0.2, 0.25) is 11.8 Å². The summed E-state index contributed by atoms with van der Waals surface area (Å²) in [7, 11) is 0. The number of anilines is 1. The van der Waals surface area contributed by atoms with Gasteiger partial charge in [0.1, 0.15) is 11.9 Å². The van der Waals surface area contributed by atoms with E-state index in [9.17, 15) is 14.0 Å². The fraction of sp³-hybridized carbons (Fsp3) is 0.621. The summed E-state index contributed by atoms with van der Waals surface area (Å²) < 4.78 is 16.4. The standard InChI is InChI=1S/C29H42FN5O2/c1-6-8-24(32-21-11-10-20-13-19(2)14-23(30)22(20)15-21)27(36)33-26-16-35(18-31-26)25-9-7-12-34(28(25)37)17-29(3,4)5/h13-14,16,18,21,24-25,32H,6-12,15,17H2,1-5H3,(H,33,36)/t21-,24-,25?/m0/s1. The summed E-state index contributed by atoms with van der Waals surface area (Å²) in [5.74, 6) is 0.264. The molecule has 202 valence electrons. The monoisotopic (exact) mass is 511 g/mol. The molecule has 1 aromatic carbocycles. The Kier molecular flexibility index (Phi) is 8.36. The van der Waals surface area contributed by atoms with Gasteiger partial charge in [-0.1, -0.05) is 40.2 Å². The van der Waals surface area contributed by atoms with E-state index >= 15 is 0 Å². The molecule has 1 saturated heterocycles. The molecule has 4 rings (SSSR count). The summed E-state index contributed by atoms with van der Waals surface area (Å²) in [5, 5.41) is 6.44. The van der Waals surface area contributed by atoms with Gasteiger partial charge in [0.05, 0.1) is 12.4 Å². The van der Waals surface area contributed by atoms with Crippen molar-refractivity contribution in [2.45, 2.75) is 97.7 Å². The molecule has 2 N–H and O–H groups in total. The molecule has 0 saturated carbocycles. The predicted molar refractivity (Wildman–Crippen MR) is 144 cm³/mol. The number of likely N-dealkylation sites (tertiary alicyclic amines) is 1. The quantitative estimate of drug-likeness (QED) is 0.534. The molecular weight excluding hydrogens is 469 g/mol. The zero-order valence-corrected chi connectivity index (χ0v) is 22.9. The molecule has 0 spiro atoms. The Bertz CT molecular complexity index is 1120. The lowest BCUT2D eigenvalue weighted by molar-refractivity contribution is -0.139. The number of hydrogen-bond acceptors (Lipinski definition) is 4. The molecule has 8 heteroatoms. The average molecular weight is 512 g/mol. The SMILES string of the molecule is CCC[C@H](N[C@H]1CCc2cc(C)cc(F)c2C1)C(=O)Nc1cn(C2CCCN(CC(C)(C)C)C2=O)cn1. The van der Waals surface area contributed by atoms with Crippen molar-refractivity contribution in [3.8, 4) is 0 Å². The number of fused-ring (bicyclic) bond motifs is 1. The molecule has 1 fully saturated rings. The zero-order chi connectivity index (χ0) is 26.7. The van der Waals surface area contributed by atoms with Crippen LogP contribution in [0.5, 0.6) is 0 Å². The van der Waals surface area contributed by atoms with E-state index in [4.69, 9.17) is 0 Å². The van der Waals surface area contributed by atoms with Gasteiger partial charge >= 0.3 is 0 Å². The summed E-state index contributed by atoms with van der Waals surface area (Å²) in [6.45, 7) is 11.9. The summed E-state index contributed by atoms with van der Waals surface area (Å²) in [4.78, 5) is 32.7. The van der Waals surface area contributed by atoms with Crippen LogP contribution in [0, 0.1) is 18.2 Å². The van der Waals surface area contributed by atoms with Gasteiger partial charge in [-0.15, -0.1) is 0 Å². The van der Waals surface area contributed by atoms with Gasteiger partial charge in [-0.25, -0.2) is 9.37 Å². The highest BCUT2D eigenvalue weighted by atomic mass is 19.1. The lowest BCUT2D eigenvalue weighted by atomic mass is 9.86. The van der Waals surface area contributed by atoms with Crippen molar-refractivity contribution in [2.24, 2.45) is 5.41 Å². The van der Waals surface area contributed by atoms with Crippen molar-refractivity contribution in [3.63, 3.8) is 0 Å². The predicted octanol–water partition coefficient (Wildman–Crippen LogP) is 4.79. The lowest BCUT2D eigenvalue weighted by Gasteiger charge is -2.36. The summed E-state index contributed by atoms with van der Waals surface area (Å²) in [6.07, 6.45) is 8.89. The minimum Gasteiger partial charge on any atom is -0.340 e. The number of rotatable bonds is 8. The van der Waals surface area contributed by atoms with Crippen molar-refractivity contribution in [2.75, 3.05) is 18.4 Å². The van der Waals surface area contributed by atoms with E-state index in [0.717, 1.165) is 61.9 Å². The van der Waals surface area contributed by atoms with Gasteiger partial charge in [-0.3, -0.25) is 9.59 Å². The third-order valence-electron chi connectivity index (χ3n) is 7.36. The van der Waals surface area contributed by atoms with Crippen molar-refractivity contribution in [1.29, 1.82) is 0 Å². The second-order valence-corrected chi connectivity index (χ2v) is 12.0. The van der Waals surface area contributed by atoms with Crippen LogP contribution >= 0.6 is 0 Å². The molecule has 0 radical (unpaired) electrons. The third-order valence-corrected chi connectivity index (χ3v) is 7.36. The Hall–Kier alpha value is -2.74. The molecule has 0 bridgehead atoms. The molecule has 3 atom stereocenters. The molecule has 1 aromatic heterocycles. The minimum absolute atomic E-state index is 0.0397. The molecule has 7 nitrogen and oxygen atoms in total. The molecule has 2 aromatic rings. The van der Waals surface area contributed by atoms with Crippen molar-refractivity contribution in [3.05, 3.63) is 47.2 Å². The Morgan fingerprint density at radius 1 is 1.27 bits per heavy atom. The highest BCUT2D eigenvalue weighted by Crippen LogP contribution is 2.28. The Labute approximate surface area is 220 Å². The normalized spacial score (nSPS) is 21.0. The van der Waals surface area contributed by atoms with Crippen LogP contribution in [0.25, 0.3) is 0 Å². The number of hydrogen-bond donors (Lipinski definition) is 2. The molecular formula is C29H42FN5O2. The number of piperidine rings is 1. The van der Waals surface area contributed by atoms with E-state index in [1.807, 2.05) is 23.3 Å². The number of imidazole rings is 1. The number of amides is 2. The van der Waals surface area contributed by atoms with Crippen LogP contribution in [-0.4, -0.2) is 51.4 Å². The van der Waals surface area contributed by atoms with Crippen molar-refractivity contribution < 1.29 is 14.0 Å². The van der Waals surface area contributed by atoms with Gasteiger partial charge in [0, 0.05) is 25.3 Å². The van der Waals surface area contributed by atoms with E-state index in [2.05, 4.69) is 42.5 Å². The van der Waals surface area contributed by atoms with Crippen LogP contribution in [0.3, 0.4) is 0 Å². The fourth-order valence-corrected chi connectivity index (χ4v) is 5.69. The first-order chi connectivity index (χ1) is 17.5. The maximum atomic E-state index is 14.6. The van der Waals surface area contributed by atoms with Crippen molar-refractivity contribution in [1.82, 2.24) is 19.8 Å². The highest BCUT2D eigenvalue weighted by molar-refractivity contribution is 5.94. The number of aryl methyl sites for hydroxylation is 2. The van der Waals surface area contributed by atoms with Gasteiger partial charge in [-0.05, 0) is 73.6 Å². The second-order valence-electron chi connectivity index (χ2n) is 12.0. The molecule has 1 aliphatic heterocycles. The Morgan fingerprint density at radius 3 is 2.78 bits per heavy atom. The Balaban J connectivity index is 1.39. The first kappa shape index (κ1) is 27.3. The van der Waals surface area contributed by atoms with E-state index in [1.165, 1.54) is 0 Å². The molecule has 1 unspecified atom stereocenters. The van der Waals surface area contributed by atoms with Gasteiger partial charge < -0.3 is 20.1 Å². The first-order valence-corrected chi connectivity index (χ1v) is 13.7. The topological polar surface area (TPSA) is 79.3 Å². The van der Waals surface area contributed by atoms with Crippen LogP contribution in [0.2, 0.25) is 0 Å². The molecule has 2 amide bonds. The number of halogens is 1. The number of benzene rings is 1. The first-order valence-electron chi connectivity index (χ1n) is 13.7. The van der Waals surface area contributed by atoms with Crippen LogP contribution in [0.15, 0.2) is 24.7 Å². The van der Waals surface area contributed by atoms with Gasteiger partial charge in [-0.2, -0.15) is 0 Å². The largest absolute Gasteiger partial charge is 0.340 e. The molecule has 2 aliphatic rings. The van der Waals surface area contributed by atoms with E-state index < -0.39 is 6.04 Å². The van der Waals surface area contributed by atoms with Gasteiger partial charge in [0.15, 0.2) is 5.82 Å². The average Bonchev–Trinajstić information content (AvgIpc) is 3.27.